The number of methoxy groups -OCH3 is 1. The summed E-state index contributed by atoms with van der Waals surface area (Å²) in [6, 6.07) is 10.6. The van der Waals surface area contributed by atoms with E-state index in [1.54, 1.807) is 49.4 Å². The lowest BCUT2D eigenvalue weighted by Gasteiger charge is -2.23. The molecule has 0 saturated carbocycles. The Morgan fingerprint density at radius 2 is 1.83 bits per heavy atom. The molecule has 0 aromatic heterocycles. The normalized spacial score (nSPS) is 20.8. The Bertz CT molecular complexity index is 1090. The van der Waals surface area contributed by atoms with Crippen molar-refractivity contribution in [2.75, 3.05) is 17.0 Å². The molecule has 0 bridgehead atoms. The number of hydrogen-bond acceptors (Lipinski definition) is 6. The Morgan fingerprint density at radius 3 is 2.52 bits per heavy atom. The molecule has 0 unspecified atom stereocenters. The van der Waals surface area contributed by atoms with Crippen molar-refractivity contribution >= 4 is 58.1 Å². The highest BCUT2D eigenvalue weighted by Gasteiger charge is 2.59. The van der Waals surface area contributed by atoms with Gasteiger partial charge in [-0.1, -0.05) is 35.3 Å². The maximum Gasteiger partial charge on any atom is 0.355 e. The number of ether oxygens (including phenoxy) is 1. The van der Waals surface area contributed by atoms with Crippen molar-refractivity contribution in [2.24, 2.45) is 11.0 Å². The molecule has 29 heavy (non-hydrogen) atoms. The maximum atomic E-state index is 13.3. The van der Waals surface area contributed by atoms with Crippen molar-refractivity contribution in [3.8, 4) is 0 Å². The minimum absolute atomic E-state index is 0.127. The van der Waals surface area contributed by atoms with Gasteiger partial charge in [0.15, 0.2) is 5.71 Å². The van der Waals surface area contributed by atoms with Gasteiger partial charge in [-0.05, 0) is 42.8 Å². The molecule has 1 saturated heterocycles. The number of anilines is 2. The van der Waals surface area contributed by atoms with Crippen molar-refractivity contribution in [1.82, 2.24) is 0 Å². The van der Waals surface area contributed by atoms with Crippen molar-refractivity contribution < 1.29 is 19.1 Å². The van der Waals surface area contributed by atoms with Gasteiger partial charge in [-0.2, -0.15) is 5.10 Å². The summed E-state index contributed by atoms with van der Waals surface area (Å²) in [6.07, 6.45) is 0. The van der Waals surface area contributed by atoms with E-state index in [0.29, 0.717) is 27.0 Å². The number of benzene rings is 2. The van der Waals surface area contributed by atoms with E-state index in [9.17, 15) is 14.4 Å². The largest absolute Gasteiger partial charge is 0.464 e. The smallest absolute Gasteiger partial charge is 0.355 e. The first kappa shape index (κ1) is 19.4. The fourth-order valence-electron chi connectivity index (χ4n) is 3.60. The van der Waals surface area contributed by atoms with Gasteiger partial charge >= 0.3 is 5.97 Å². The van der Waals surface area contributed by atoms with Crippen LogP contribution in [0.1, 0.15) is 5.56 Å². The predicted molar refractivity (Wildman–Crippen MR) is 109 cm³/mol. The van der Waals surface area contributed by atoms with Gasteiger partial charge in [-0.3, -0.25) is 14.6 Å². The third-order valence-electron chi connectivity index (χ3n) is 5.00. The van der Waals surface area contributed by atoms with Gasteiger partial charge in [-0.25, -0.2) is 9.69 Å². The lowest BCUT2D eigenvalue weighted by Crippen LogP contribution is -2.39. The van der Waals surface area contributed by atoms with Crippen molar-refractivity contribution in [3.63, 3.8) is 0 Å². The number of esters is 1. The Morgan fingerprint density at radius 1 is 1.10 bits per heavy atom. The van der Waals surface area contributed by atoms with E-state index in [-0.39, 0.29) is 5.71 Å². The number of nitrogens with zero attached hydrogens (tertiary/aromatic N) is 3. The summed E-state index contributed by atoms with van der Waals surface area (Å²) >= 11 is 12.3. The van der Waals surface area contributed by atoms with Crippen molar-refractivity contribution in [3.05, 3.63) is 58.1 Å². The molecule has 2 heterocycles. The Kier molecular flexibility index (Phi) is 4.80. The van der Waals surface area contributed by atoms with Gasteiger partial charge in [-0.15, -0.1) is 0 Å². The van der Waals surface area contributed by atoms with Crippen LogP contribution in [0.3, 0.4) is 0 Å². The van der Waals surface area contributed by atoms with Crippen LogP contribution in [0.25, 0.3) is 0 Å². The van der Waals surface area contributed by atoms with Crippen LogP contribution in [0.5, 0.6) is 0 Å². The van der Waals surface area contributed by atoms with E-state index in [1.165, 1.54) is 12.1 Å². The highest BCUT2D eigenvalue weighted by Crippen LogP contribution is 2.40. The van der Waals surface area contributed by atoms with Gasteiger partial charge in [0.2, 0.25) is 5.91 Å². The molecule has 0 spiro atoms. The number of amides is 2. The van der Waals surface area contributed by atoms with Gasteiger partial charge in [0, 0.05) is 10.0 Å². The van der Waals surface area contributed by atoms with Crippen LogP contribution < -0.4 is 9.91 Å². The third-order valence-corrected chi connectivity index (χ3v) is 5.64. The first-order valence-electron chi connectivity index (χ1n) is 8.69. The molecule has 2 amide bonds. The molecule has 0 N–H and O–H groups in total. The molecule has 7 nitrogen and oxygen atoms in total. The minimum atomic E-state index is -1.09. The Hall–Kier alpha value is -2.90. The van der Waals surface area contributed by atoms with Gasteiger partial charge < -0.3 is 4.74 Å². The predicted octanol–water partition coefficient (Wildman–Crippen LogP) is 3.21. The van der Waals surface area contributed by atoms with E-state index in [1.807, 2.05) is 0 Å². The molecule has 0 radical (unpaired) electrons. The number of carbonyl (C=O) groups excluding carboxylic acids is 3. The lowest BCUT2D eigenvalue weighted by atomic mass is 9.98. The standard InChI is InChI=1S/C20H15Cl2N3O4/c1-10-13(22)7-4-8-14(10)24-18(26)15-16(20(28)29-2)23-25(17(15)19(24)27)12-6-3-5-11(21)9-12/h3-9,15,17H,1-2H3/t15-,17-/m0/s1. The van der Waals surface area contributed by atoms with Crippen molar-refractivity contribution in [2.45, 2.75) is 13.0 Å². The molecule has 2 aromatic carbocycles. The zero-order valence-electron chi connectivity index (χ0n) is 15.4. The number of imide groups is 1. The van der Waals surface area contributed by atoms with Crippen molar-refractivity contribution in [1.29, 1.82) is 0 Å². The SMILES string of the molecule is COC(=O)C1=NN(c2cccc(Cl)c2)[C@@H]2C(=O)N(c3cccc(Cl)c3C)C(=O)[C@@H]12. The van der Waals surface area contributed by atoms with E-state index < -0.39 is 29.7 Å². The summed E-state index contributed by atoms with van der Waals surface area (Å²) in [6.45, 7) is 1.72. The highest BCUT2D eigenvalue weighted by atomic mass is 35.5. The fraction of sp³-hybridized carbons (Fsp3) is 0.200. The molecular weight excluding hydrogens is 417 g/mol. The molecule has 2 aliphatic heterocycles. The van der Waals surface area contributed by atoms with Crippen LogP contribution >= 0.6 is 23.2 Å². The summed E-state index contributed by atoms with van der Waals surface area (Å²) in [4.78, 5) is 40.0. The highest BCUT2D eigenvalue weighted by molar-refractivity contribution is 6.47. The summed E-state index contributed by atoms with van der Waals surface area (Å²) in [5.41, 5.74) is 1.31. The third kappa shape index (κ3) is 2.97. The molecular formula is C20H15Cl2N3O4. The second kappa shape index (κ2) is 7.17. The first-order chi connectivity index (χ1) is 13.8. The Balaban J connectivity index is 1.84. The topological polar surface area (TPSA) is 79.3 Å². The quantitative estimate of drug-likeness (QED) is 0.550. The van der Waals surface area contributed by atoms with E-state index in [0.717, 1.165) is 4.90 Å². The summed E-state index contributed by atoms with van der Waals surface area (Å²) in [5.74, 6) is -2.92. The number of rotatable bonds is 3. The molecule has 9 heteroatoms. The van der Waals surface area contributed by atoms with Crippen LogP contribution in [0, 0.1) is 12.8 Å². The molecule has 4 rings (SSSR count). The zero-order valence-corrected chi connectivity index (χ0v) is 16.9. The fourth-order valence-corrected chi connectivity index (χ4v) is 3.95. The lowest BCUT2D eigenvalue weighted by molar-refractivity contribution is -0.133. The van der Waals surface area contributed by atoms with Crippen LogP contribution in [0.4, 0.5) is 11.4 Å². The van der Waals surface area contributed by atoms with E-state index in [4.69, 9.17) is 27.9 Å². The average molecular weight is 432 g/mol. The monoisotopic (exact) mass is 431 g/mol. The Labute approximate surface area is 176 Å². The number of hydrogen-bond donors (Lipinski definition) is 0. The maximum absolute atomic E-state index is 13.3. The minimum Gasteiger partial charge on any atom is -0.464 e. The molecule has 1 fully saturated rings. The molecule has 148 valence electrons. The molecule has 2 aliphatic rings. The van der Waals surface area contributed by atoms with Crippen LogP contribution in [-0.2, 0) is 19.1 Å². The summed E-state index contributed by atoms with van der Waals surface area (Å²) < 4.78 is 4.79. The number of hydrazone groups is 1. The molecule has 0 aliphatic carbocycles. The molecule has 2 atom stereocenters. The van der Waals surface area contributed by atoms with E-state index in [2.05, 4.69) is 5.10 Å². The number of carbonyl (C=O) groups is 3. The summed E-state index contributed by atoms with van der Waals surface area (Å²) in [7, 11) is 1.20. The van der Waals surface area contributed by atoms with E-state index >= 15 is 0 Å². The van der Waals surface area contributed by atoms with Gasteiger partial charge in [0.25, 0.3) is 5.91 Å². The second-order valence-corrected chi connectivity index (χ2v) is 7.46. The van der Waals surface area contributed by atoms with Crippen LogP contribution in [-0.4, -0.2) is 36.6 Å². The number of halogens is 2. The number of fused-ring (bicyclic) bond motifs is 1. The average Bonchev–Trinajstić information content (AvgIpc) is 3.21. The van der Waals surface area contributed by atoms with Gasteiger partial charge in [0.05, 0.1) is 18.5 Å². The van der Waals surface area contributed by atoms with Gasteiger partial charge in [0.1, 0.15) is 12.0 Å². The first-order valence-corrected chi connectivity index (χ1v) is 9.45. The van der Waals surface area contributed by atoms with Crippen LogP contribution in [0.2, 0.25) is 10.0 Å². The van der Waals surface area contributed by atoms with Crippen LogP contribution in [0.15, 0.2) is 47.6 Å². The zero-order chi connectivity index (χ0) is 20.9. The summed E-state index contributed by atoms with van der Waals surface area (Å²) in [5, 5.41) is 6.45. The second-order valence-electron chi connectivity index (χ2n) is 6.62. The molecule has 2 aromatic rings.